The average Bonchev–Trinajstić information content (AvgIpc) is 2.72. The maximum atomic E-state index is 12.1. The van der Waals surface area contributed by atoms with E-state index in [2.05, 4.69) is 44.4 Å². The lowest BCUT2D eigenvalue weighted by molar-refractivity contribution is 0.227. The molecule has 0 bridgehead atoms. The van der Waals surface area contributed by atoms with Crippen molar-refractivity contribution in [3.05, 3.63) is 21.4 Å². The van der Waals surface area contributed by atoms with Crippen molar-refractivity contribution < 1.29 is 9.90 Å². The van der Waals surface area contributed by atoms with Crippen LogP contribution in [0.1, 0.15) is 55.0 Å². The highest BCUT2D eigenvalue weighted by Crippen LogP contribution is 2.30. The molecule has 120 valence electrons. The third-order valence-electron chi connectivity index (χ3n) is 3.54. The van der Waals surface area contributed by atoms with Crippen LogP contribution in [0.4, 0.5) is 4.79 Å². The van der Waals surface area contributed by atoms with E-state index in [1.165, 1.54) is 15.3 Å². The van der Waals surface area contributed by atoms with Crippen molar-refractivity contribution in [1.29, 1.82) is 0 Å². The normalized spacial score (nSPS) is 14.0. The van der Waals surface area contributed by atoms with Crippen LogP contribution in [-0.2, 0) is 0 Å². The van der Waals surface area contributed by atoms with Gasteiger partial charge in [0.1, 0.15) is 0 Å². The summed E-state index contributed by atoms with van der Waals surface area (Å²) in [5.41, 5.74) is 1.21. The second-order valence-corrected chi connectivity index (χ2v) is 7.44. The van der Waals surface area contributed by atoms with Crippen molar-refractivity contribution in [3.63, 3.8) is 0 Å². The van der Waals surface area contributed by atoms with Crippen LogP contribution in [0.3, 0.4) is 0 Å². The Hall–Kier alpha value is -1.07. The van der Waals surface area contributed by atoms with Gasteiger partial charge in [-0.25, -0.2) is 4.79 Å². The number of amides is 2. The Balaban J connectivity index is 2.67. The zero-order chi connectivity index (χ0) is 16.0. The van der Waals surface area contributed by atoms with E-state index in [0.717, 1.165) is 6.42 Å². The molecule has 0 aliphatic heterocycles. The molecule has 0 aliphatic carbocycles. The van der Waals surface area contributed by atoms with E-state index in [1.54, 1.807) is 11.3 Å². The maximum Gasteiger partial charge on any atom is 0.315 e. The Bertz CT molecular complexity index is 457. The molecule has 4 nitrogen and oxygen atoms in total. The Morgan fingerprint density at radius 2 is 1.95 bits per heavy atom. The molecule has 0 radical (unpaired) electrons. The first-order valence-corrected chi connectivity index (χ1v) is 8.41. The fourth-order valence-corrected chi connectivity index (χ4v) is 3.41. The van der Waals surface area contributed by atoms with Crippen molar-refractivity contribution in [1.82, 2.24) is 10.6 Å². The van der Waals surface area contributed by atoms with E-state index < -0.39 is 0 Å². The first kappa shape index (κ1) is 18.0. The van der Waals surface area contributed by atoms with Gasteiger partial charge in [0.15, 0.2) is 0 Å². The summed E-state index contributed by atoms with van der Waals surface area (Å²) in [7, 11) is 0. The lowest BCUT2D eigenvalue weighted by Gasteiger charge is -2.24. The molecule has 0 unspecified atom stereocenters. The van der Waals surface area contributed by atoms with Gasteiger partial charge in [0.2, 0.25) is 0 Å². The minimum atomic E-state index is -0.137. The number of hydrogen-bond donors (Lipinski definition) is 3. The number of aryl methyl sites for hydroxylation is 2. The van der Waals surface area contributed by atoms with Crippen LogP contribution in [0.5, 0.6) is 0 Å². The van der Waals surface area contributed by atoms with Crippen LogP contribution in [0.2, 0.25) is 0 Å². The van der Waals surface area contributed by atoms with Gasteiger partial charge in [-0.3, -0.25) is 0 Å². The lowest BCUT2D eigenvalue weighted by atomic mass is 9.96. The number of urea groups is 1. The SMILES string of the molecule is Cc1cc([C@@H](NC(=O)N[C@@H](C)CCCO)C(C)C)c(C)s1. The molecular formula is C16H28N2O2S. The van der Waals surface area contributed by atoms with E-state index in [4.69, 9.17) is 5.11 Å². The number of aliphatic hydroxyl groups excluding tert-OH is 1. The molecule has 1 heterocycles. The van der Waals surface area contributed by atoms with Crippen molar-refractivity contribution in [2.75, 3.05) is 6.61 Å². The molecule has 2 atom stereocenters. The minimum Gasteiger partial charge on any atom is -0.396 e. The fraction of sp³-hybridized carbons (Fsp3) is 0.688. The molecule has 0 spiro atoms. The first-order chi connectivity index (χ1) is 9.85. The highest BCUT2D eigenvalue weighted by molar-refractivity contribution is 7.12. The monoisotopic (exact) mass is 312 g/mol. The van der Waals surface area contributed by atoms with Crippen molar-refractivity contribution in [2.45, 2.75) is 59.5 Å². The molecular weight excluding hydrogens is 284 g/mol. The molecule has 5 heteroatoms. The van der Waals surface area contributed by atoms with Crippen LogP contribution in [0.15, 0.2) is 6.07 Å². The molecule has 2 amide bonds. The molecule has 1 aromatic heterocycles. The predicted octanol–water partition coefficient (Wildman–Crippen LogP) is 3.52. The number of hydrogen-bond acceptors (Lipinski definition) is 3. The van der Waals surface area contributed by atoms with Crippen molar-refractivity contribution in [2.24, 2.45) is 5.92 Å². The Morgan fingerprint density at radius 1 is 1.29 bits per heavy atom. The Kier molecular flexibility index (Phi) is 7.18. The summed E-state index contributed by atoms with van der Waals surface area (Å²) in [5.74, 6) is 0.330. The molecule has 0 saturated carbocycles. The van der Waals surface area contributed by atoms with Crippen LogP contribution in [-0.4, -0.2) is 23.8 Å². The number of aliphatic hydroxyl groups is 1. The second kappa shape index (κ2) is 8.39. The summed E-state index contributed by atoms with van der Waals surface area (Å²) in [5, 5.41) is 14.8. The predicted molar refractivity (Wildman–Crippen MR) is 88.8 cm³/mol. The second-order valence-electron chi connectivity index (χ2n) is 5.97. The van der Waals surface area contributed by atoms with E-state index in [0.29, 0.717) is 12.3 Å². The van der Waals surface area contributed by atoms with Gasteiger partial charge in [-0.15, -0.1) is 11.3 Å². The van der Waals surface area contributed by atoms with Crippen LogP contribution in [0.25, 0.3) is 0 Å². The third kappa shape index (κ3) is 5.67. The highest BCUT2D eigenvalue weighted by Gasteiger charge is 2.22. The molecule has 0 aromatic carbocycles. The van der Waals surface area contributed by atoms with E-state index in [-0.39, 0.29) is 24.7 Å². The fourth-order valence-electron chi connectivity index (χ4n) is 2.44. The minimum absolute atomic E-state index is 0.0278. The molecule has 1 rings (SSSR count). The number of nitrogens with one attached hydrogen (secondary N) is 2. The third-order valence-corrected chi connectivity index (χ3v) is 4.52. The summed E-state index contributed by atoms with van der Waals surface area (Å²) in [6, 6.07) is 2.12. The van der Waals surface area contributed by atoms with E-state index >= 15 is 0 Å². The van der Waals surface area contributed by atoms with E-state index in [1.807, 2.05) is 6.92 Å². The largest absolute Gasteiger partial charge is 0.396 e. The first-order valence-electron chi connectivity index (χ1n) is 7.60. The van der Waals surface area contributed by atoms with Gasteiger partial charge in [-0.2, -0.15) is 0 Å². The molecule has 21 heavy (non-hydrogen) atoms. The van der Waals surface area contributed by atoms with Gasteiger partial charge in [0.25, 0.3) is 0 Å². The molecule has 3 N–H and O–H groups in total. The van der Waals surface area contributed by atoms with Crippen molar-refractivity contribution in [3.8, 4) is 0 Å². The van der Waals surface area contributed by atoms with Gasteiger partial charge in [-0.1, -0.05) is 13.8 Å². The summed E-state index contributed by atoms with van der Waals surface area (Å²) in [4.78, 5) is 14.7. The van der Waals surface area contributed by atoms with Gasteiger partial charge < -0.3 is 15.7 Å². The van der Waals surface area contributed by atoms with Crippen LogP contribution >= 0.6 is 11.3 Å². The molecule has 0 aliphatic rings. The van der Waals surface area contributed by atoms with E-state index in [9.17, 15) is 4.79 Å². The van der Waals surface area contributed by atoms with Crippen molar-refractivity contribution >= 4 is 17.4 Å². The Morgan fingerprint density at radius 3 is 2.43 bits per heavy atom. The van der Waals surface area contributed by atoms with Gasteiger partial charge in [-0.05, 0) is 51.2 Å². The lowest BCUT2D eigenvalue weighted by Crippen LogP contribution is -2.43. The molecule has 1 aromatic rings. The molecule has 0 saturated heterocycles. The topological polar surface area (TPSA) is 61.4 Å². The van der Waals surface area contributed by atoms with Crippen LogP contribution in [0, 0.1) is 19.8 Å². The summed E-state index contributed by atoms with van der Waals surface area (Å²) in [6.45, 7) is 10.6. The smallest absolute Gasteiger partial charge is 0.315 e. The summed E-state index contributed by atoms with van der Waals surface area (Å²) in [6.07, 6.45) is 1.49. The maximum absolute atomic E-state index is 12.1. The summed E-state index contributed by atoms with van der Waals surface area (Å²) >= 11 is 1.77. The van der Waals surface area contributed by atoms with Gasteiger partial charge >= 0.3 is 6.03 Å². The molecule has 0 fully saturated rings. The van der Waals surface area contributed by atoms with Crippen LogP contribution < -0.4 is 10.6 Å². The Labute approximate surface area is 132 Å². The number of thiophene rings is 1. The zero-order valence-electron chi connectivity index (χ0n) is 13.7. The van der Waals surface area contributed by atoms with Gasteiger partial charge in [0, 0.05) is 22.4 Å². The number of carbonyl (C=O) groups excluding carboxylic acids is 1. The number of carbonyl (C=O) groups is 1. The van der Waals surface area contributed by atoms with Gasteiger partial charge in [0.05, 0.1) is 6.04 Å². The summed E-state index contributed by atoms with van der Waals surface area (Å²) < 4.78 is 0. The standard InChI is InChI=1S/C16H28N2O2S/c1-10(2)15(14-9-12(4)21-13(14)5)18-16(20)17-11(3)7-6-8-19/h9-11,15,19H,6-8H2,1-5H3,(H2,17,18,20)/t11-,15-/m0/s1. The zero-order valence-corrected chi connectivity index (χ0v) is 14.5. The number of rotatable bonds is 7. The quantitative estimate of drug-likeness (QED) is 0.721. The average molecular weight is 312 g/mol. The highest BCUT2D eigenvalue weighted by atomic mass is 32.1.